The van der Waals surface area contributed by atoms with Gasteiger partial charge in [-0.3, -0.25) is 4.79 Å². The molecule has 0 atom stereocenters. The molecular weight excluding hydrogens is 168 g/mol. The van der Waals surface area contributed by atoms with Gasteiger partial charge in [0, 0.05) is 24.5 Å². The van der Waals surface area contributed by atoms with Gasteiger partial charge in [-0.2, -0.15) is 0 Å². The Bertz CT molecular complexity index is 244. The molecule has 0 fully saturated rings. The summed E-state index contributed by atoms with van der Waals surface area (Å²) in [6.45, 7) is 1.01. The van der Waals surface area contributed by atoms with Crippen LogP contribution in [0.5, 0.6) is 0 Å². The zero-order chi connectivity index (χ0) is 9.52. The average molecular weight is 182 g/mol. The van der Waals surface area contributed by atoms with E-state index in [-0.39, 0.29) is 5.97 Å². The van der Waals surface area contributed by atoms with Gasteiger partial charge < -0.3 is 15.0 Å². The summed E-state index contributed by atoms with van der Waals surface area (Å²) < 4.78 is 4.99. The van der Waals surface area contributed by atoms with Gasteiger partial charge >= 0.3 is 5.97 Å². The van der Waals surface area contributed by atoms with Gasteiger partial charge in [-0.25, -0.2) is 0 Å². The molecule has 0 saturated carbocycles. The lowest BCUT2D eigenvalue weighted by Gasteiger charge is -2.02. The van der Waals surface area contributed by atoms with Crippen LogP contribution in [0.1, 0.15) is 12.0 Å². The van der Waals surface area contributed by atoms with E-state index in [1.54, 1.807) is 13.2 Å². The van der Waals surface area contributed by atoms with Crippen molar-refractivity contribution in [2.45, 2.75) is 13.0 Å². The molecule has 0 aliphatic rings. The Kier molecular flexibility index (Phi) is 4.05. The van der Waals surface area contributed by atoms with Crippen LogP contribution in [0.3, 0.4) is 0 Å². The minimum absolute atomic E-state index is 0.171. The van der Waals surface area contributed by atoms with Crippen molar-refractivity contribution in [1.82, 2.24) is 10.3 Å². The molecule has 0 aliphatic heterocycles. The molecule has 0 unspecified atom stereocenters. The molecule has 1 aromatic heterocycles. The highest BCUT2D eigenvalue weighted by molar-refractivity contribution is 5.69. The Morgan fingerprint density at radius 3 is 3.15 bits per heavy atom. The van der Waals surface area contributed by atoms with Crippen LogP contribution in [0.25, 0.3) is 0 Å². The summed E-state index contributed by atoms with van der Waals surface area (Å²) in [5.74, 6) is -0.171. The first-order valence-electron chi connectivity index (χ1n) is 4.25. The van der Waals surface area contributed by atoms with E-state index in [2.05, 4.69) is 10.3 Å². The molecule has 0 spiro atoms. The van der Waals surface area contributed by atoms with Gasteiger partial charge in [0.1, 0.15) is 6.61 Å². The zero-order valence-corrected chi connectivity index (χ0v) is 7.67. The minimum Gasteiger partial charge on any atom is -0.461 e. The van der Waals surface area contributed by atoms with Crippen LogP contribution in [-0.2, 0) is 16.1 Å². The highest BCUT2D eigenvalue weighted by atomic mass is 16.5. The molecule has 2 N–H and O–H groups in total. The Hall–Kier alpha value is -1.29. The highest BCUT2D eigenvalue weighted by Gasteiger charge is 2.01. The van der Waals surface area contributed by atoms with E-state index in [4.69, 9.17) is 4.74 Å². The van der Waals surface area contributed by atoms with Crippen LogP contribution >= 0.6 is 0 Å². The second-order valence-corrected chi connectivity index (χ2v) is 2.73. The summed E-state index contributed by atoms with van der Waals surface area (Å²) in [7, 11) is 1.80. The lowest BCUT2D eigenvalue weighted by atomic mass is 10.4. The first kappa shape index (κ1) is 9.80. The second-order valence-electron chi connectivity index (χ2n) is 2.73. The molecule has 1 heterocycles. The maximum atomic E-state index is 11.0. The third-order valence-corrected chi connectivity index (χ3v) is 1.64. The van der Waals surface area contributed by atoms with E-state index in [1.807, 2.05) is 12.3 Å². The van der Waals surface area contributed by atoms with Crippen LogP contribution in [-0.4, -0.2) is 24.5 Å². The van der Waals surface area contributed by atoms with Gasteiger partial charge in [0.05, 0.1) is 6.42 Å². The number of hydrogen-bond acceptors (Lipinski definition) is 3. The predicted molar refractivity (Wildman–Crippen MR) is 49.1 cm³/mol. The monoisotopic (exact) mass is 182 g/mol. The van der Waals surface area contributed by atoms with Crippen molar-refractivity contribution in [2.75, 3.05) is 13.6 Å². The largest absolute Gasteiger partial charge is 0.461 e. The molecule has 0 aromatic carbocycles. The molecule has 1 rings (SSSR count). The number of aromatic amines is 1. The molecule has 4 heteroatoms. The van der Waals surface area contributed by atoms with Crippen molar-refractivity contribution < 1.29 is 9.53 Å². The van der Waals surface area contributed by atoms with E-state index in [0.717, 1.165) is 5.56 Å². The molecule has 0 aliphatic carbocycles. The summed E-state index contributed by atoms with van der Waals surface area (Å²) in [4.78, 5) is 13.9. The normalized spacial score (nSPS) is 9.92. The van der Waals surface area contributed by atoms with Crippen LogP contribution in [0, 0.1) is 0 Å². The summed E-state index contributed by atoms with van der Waals surface area (Å²) in [5.41, 5.74) is 0.984. The fraction of sp³-hybridized carbons (Fsp3) is 0.444. The fourth-order valence-electron chi connectivity index (χ4n) is 0.911. The van der Waals surface area contributed by atoms with Crippen molar-refractivity contribution in [3.8, 4) is 0 Å². The molecule has 0 amide bonds. The number of aromatic nitrogens is 1. The Morgan fingerprint density at radius 2 is 2.54 bits per heavy atom. The lowest BCUT2D eigenvalue weighted by Crippen LogP contribution is -2.14. The van der Waals surface area contributed by atoms with Crippen molar-refractivity contribution in [3.05, 3.63) is 24.0 Å². The summed E-state index contributed by atoms with van der Waals surface area (Å²) in [6, 6.07) is 1.88. The maximum absolute atomic E-state index is 11.0. The van der Waals surface area contributed by atoms with Gasteiger partial charge in [0.25, 0.3) is 0 Å². The fourth-order valence-corrected chi connectivity index (χ4v) is 0.911. The molecule has 0 saturated heterocycles. The van der Waals surface area contributed by atoms with E-state index < -0.39 is 0 Å². The number of nitrogens with one attached hydrogen (secondary N) is 2. The van der Waals surface area contributed by atoms with Crippen molar-refractivity contribution in [2.24, 2.45) is 0 Å². The number of carbonyl (C=O) groups excluding carboxylic acids is 1. The molecule has 72 valence electrons. The number of H-pyrrole nitrogens is 1. The Labute approximate surface area is 77.3 Å². The van der Waals surface area contributed by atoms with E-state index in [0.29, 0.717) is 19.6 Å². The van der Waals surface area contributed by atoms with E-state index in [9.17, 15) is 4.79 Å². The van der Waals surface area contributed by atoms with Crippen molar-refractivity contribution >= 4 is 5.97 Å². The summed E-state index contributed by atoms with van der Waals surface area (Å²) in [6.07, 6.45) is 4.03. The van der Waals surface area contributed by atoms with E-state index in [1.165, 1.54) is 0 Å². The molecule has 13 heavy (non-hydrogen) atoms. The Morgan fingerprint density at radius 1 is 1.69 bits per heavy atom. The SMILES string of the molecule is CNCCC(=O)OCc1cc[nH]c1. The number of esters is 1. The van der Waals surface area contributed by atoms with E-state index >= 15 is 0 Å². The van der Waals surface area contributed by atoms with Gasteiger partial charge in [0.15, 0.2) is 0 Å². The van der Waals surface area contributed by atoms with Crippen LogP contribution in [0.4, 0.5) is 0 Å². The quantitative estimate of drug-likeness (QED) is 0.658. The first-order valence-corrected chi connectivity index (χ1v) is 4.25. The van der Waals surface area contributed by atoms with Crippen LogP contribution < -0.4 is 5.32 Å². The van der Waals surface area contributed by atoms with Crippen LogP contribution in [0.15, 0.2) is 18.5 Å². The van der Waals surface area contributed by atoms with Crippen molar-refractivity contribution in [1.29, 1.82) is 0 Å². The molecule has 1 aromatic rings. The second kappa shape index (κ2) is 5.37. The number of rotatable bonds is 5. The maximum Gasteiger partial charge on any atom is 0.307 e. The molecule has 0 radical (unpaired) electrons. The molecule has 0 bridgehead atoms. The minimum atomic E-state index is -0.171. The van der Waals surface area contributed by atoms with Crippen molar-refractivity contribution in [3.63, 3.8) is 0 Å². The first-order chi connectivity index (χ1) is 6.33. The van der Waals surface area contributed by atoms with Crippen LogP contribution in [0.2, 0.25) is 0 Å². The topological polar surface area (TPSA) is 54.1 Å². The Balaban J connectivity index is 2.15. The van der Waals surface area contributed by atoms with Gasteiger partial charge in [0.2, 0.25) is 0 Å². The molecule has 4 nitrogen and oxygen atoms in total. The van der Waals surface area contributed by atoms with Gasteiger partial charge in [-0.1, -0.05) is 0 Å². The predicted octanol–water partition coefficient (Wildman–Crippen LogP) is 0.667. The molecular formula is C9H14N2O2. The third-order valence-electron chi connectivity index (χ3n) is 1.64. The average Bonchev–Trinajstić information content (AvgIpc) is 2.64. The third kappa shape index (κ3) is 3.75. The number of carbonyl (C=O) groups is 1. The zero-order valence-electron chi connectivity index (χ0n) is 7.67. The number of ether oxygens (including phenoxy) is 1. The smallest absolute Gasteiger partial charge is 0.307 e. The highest BCUT2D eigenvalue weighted by Crippen LogP contribution is 1.99. The lowest BCUT2D eigenvalue weighted by molar-refractivity contribution is -0.144. The van der Waals surface area contributed by atoms with Gasteiger partial charge in [-0.05, 0) is 13.1 Å². The summed E-state index contributed by atoms with van der Waals surface area (Å²) in [5, 5.41) is 2.88. The number of hydrogen-bond donors (Lipinski definition) is 2. The standard InChI is InChI=1S/C9H14N2O2/c1-10-4-3-9(12)13-7-8-2-5-11-6-8/h2,5-6,10-11H,3-4,7H2,1H3. The van der Waals surface area contributed by atoms with Gasteiger partial charge in [-0.15, -0.1) is 0 Å². The summed E-state index contributed by atoms with van der Waals surface area (Å²) >= 11 is 0.